The van der Waals surface area contributed by atoms with Crippen molar-refractivity contribution in [3.8, 4) is 0 Å². The van der Waals surface area contributed by atoms with E-state index in [0.717, 1.165) is 11.3 Å². The van der Waals surface area contributed by atoms with Crippen LogP contribution in [0.3, 0.4) is 0 Å². The standard InChI is InChI=1S/C21H16ClF2N3O2S/c22-12-8-14-13(15(23)9-12)3-4-16(14)27(21(29)17-5-6-18(24)30-17)10-11-2-1-7-26-19(11)20(25)28/h1-2,5-9,16H,3-4,10H2,(H2,25,28)/t16-/m1/s1. The minimum absolute atomic E-state index is 0.00268. The highest BCUT2D eigenvalue weighted by Crippen LogP contribution is 2.40. The smallest absolute Gasteiger partial charge is 0.267 e. The number of fused-ring (bicyclic) bond motifs is 1. The molecule has 0 saturated heterocycles. The number of primary amides is 1. The summed E-state index contributed by atoms with van der Waals surface area (Å²) in [7, 11) is 0. The van der Waals surface area contributed by atoms with Gasteiger partial charge in [-0.3, -0.25) is 14.6 Å². The van der Waals surface area contributed by atoms with Crippen LogP contribution >= 0.6 is 22.9 Å². The molecule has 0 fully saturated rings. The Morgan fingerprint density at radius 2 is 2.07 bits per heavy atom. The summed E-state index contributed by atoms with van der Waals surface area (Å²) in [6, 6.07) is 8.30. The van der Waals surface area contributed by atoms with Crippen molar-refractivity contribution >= 4 is 34.8 Å². The Morgan fingerprint density at radius 3 is 2.77 bits per heavy atom. The highest BCUT2D eigenvalue weighted by atomic mass is 35.5. The molecule has 2 aromatic heterocycles. The lowest BCUT2D eigenvalue weighted by Gasteiger charge is -2.30. The maximum absolute atomic E-state index is 14.4. The third-order valence-corrected chi connectivity index (χ3v) is 6.19. The van der Waals surface area contributed by atoms with Crippen LogP contribution in [-0.2, 0) is 13.0 Å². The molecule has 0 saturated carbocycles. The second-order valence-corrected chi connectivity index (χ2v) is 8.39. The van der Waals surface area contributed by atoms with E-state index >= 15 is 0 Å². The molecule has 0 unspecified atom stereocenters. The molecule has 154 valence electrons. The molecule has 1 aliphatic carbocycles. The van der Waals surface area contributed by atoms with Gasteiger partial charge in [0, 0.05) is 23.3 Å². The molecular weight excluding hydrogens is 432 g/mol. The van der Waals surface area contributed by atoms with Gasteiger partial charge < -0.3 is 10.6 Å². The first kappa shape index (κ1) is 20.4. The summed E-state index contributed by atoms with van der Waals surface area (Å²) in [6.45, 7) is 0.00268. The van der Waals surface area contributed by atoms with E-state index in [0.29, 0.717) is 29.5 Å². The van der Waals surface area contributed by atoms with Gasteiger partial charge in [-0.05, 0) is 54.3 Å². The summed E-state index contributed by atoms with van der Waals surface area (Å²) in [6.07, 6.45) is 2.34. The molecule has 1 aromatic carbocycles. The minimum Gasteiger partial charge on any atom is -0.364 e. The zero-order valence-electron chi connectivity index (χ0n) is 15.6. The molecule has 9 heteroatoms. The Labute approximate surface area is 180 Å². The number of carbonyl (C=O) groups is 2. The van der Waals surface area contributed by atoms with Crippen LogP contribution in [0.1, 0.15) is 49.3 Å². The van der Waals surface area contributed by atoms with Crippen molar-refractivity contribution in [3.05, 3.63) is 85.8 Å². The van der Waals surface area contributed by atoms with Crippen molar-refractivity contribution in [2.24, 2.45) is 5.73 Å². The summed E-state index contributed by atoms with van der Waals surface area (Å²) in [5.41, 5.74) is 7.03. The Morgan fingerprint density at radius 1 is 1.27 bits per heavy atom. The molecule has 0 spiro atoms. The van der Waals surface area contributed by atoms with Crippen molar-refractivity contribution in [3.63, 3.8) is 0 Å². The molecule has 4 rings (SSSR count). The fourth-order valence-electron chi connectivity index (χ4n) is 3.81. The van der Waals surface area contributed by atoms with Crippen LogP contribution < -0.4 is 5.73 Å². The predicted octanol–water partition coefficient (Wildman–Crippen LogP) is 4.50. The third kappa shape index (κ3) is 3.80. The van der Waals surface area contributed by atoms with Gasteiger partial charge in [0.2, 0.25) is 0 Å². The number of thiophene rings is 1. The number of amides is 2. The van der Waals surface area contributed by atoms with Crippen molar-refractivity contribution in [2.45, 2.75) is 25.4 Å². The molecule has 0 aliphatic heterocycles. The van der Waals surface area contributed by atoms with Crippen LogP contribution in [-0.4, -0.2) is 21.7 Å². The summed E-state index contributed by atoms with van der Waals surface area (Å²) in [5.74, 6) is -1.57. The first-order valence-corrected chi connectivity index (χ1v) is 10.3. The number of pyridine rings is 1. The number of hydrogen-bond acceptors (Lipinski definition) is 4. The lowest BCUT2D eigenvalue weighted by Crippen LogP contribution is -2.34. The van der Waals surface area contributed by atoms with E-state index in [-0.39, 0.29) is 22.1 Å². The Kier molecular flexibility index (Phi) is 5.53. The maximum Gasteiger partial charge on any atom is 0.267 e. The SMILES string of the molecule is NC(=O)c1ncccc1CN(C(=O)c1ccc(F)s1)[C@@H]1CCc2c(F)cc(Cl)cc21. The van der Waals surface area contributed by atoms with Gasteiger partial charge in [0.05, 0.1) is 10.9 Å². The number of carbonyl (C=O) groups excluding carboxylic acids is 2. The van der Waals surface area contributed by atoms with Gasteiger partial charge in [-0.15, -0.1) is 11.3 Å². The van der Waals surface area contributed by atoms with E-state index in [4.69, 9.17) is 17.3 Å². The molecule has 30 heavy (non-hydrogen) atoms. The average molecular weight is 448 g/mol. The Bertz CT molecular complexity index is 1150. The van der Waals surface area contributed by atoms with E-state index in [1.165, 1.54) is 29.3 Å². The molecule has 2 heterocycles. The second kappa shape index (κ2) is 8.12. The average Bonchev–Trinajstić information content (AvgIpc) is 3.32. The van der Waals surface area contributed by atoms with Gasteiger partial charge in [-0.25, -0.2) is 4.39 Å². The molecule has 2 N–H and O–H groups in total. The minimum atomic E-state index is -0.721. The fourth-order valence-corrected chi connectivity index (χ4v) is 4.71. The van der Waals surface area contributed by atoms with Crippen LogP contribution in [0.25, 0.3) is 0 Å². The van der Waals surface area contributed by atoms with Crippen LogP contribution in [0.4, 0.5) is 8.78 Å². The van der Waals surface area contributed by atoms with Crippen molar-refractivity contribution in [1.82, 2.24) is 9.88 Å². The number of hydrogen-bond donors (Lipinski definition) is 1. The van der Waals surface area contributed by atoms with Gasteiger partial charge in [-0.1, -0.05) is 17.7 Å². The van der Waals surface area contributed by atoms with Crippen LogP contribution in [0, 0.1) is 10.9 Å². The van der Waals surface area contributed by atoms with Crippen molar-refractivity contribution < 1.29 is 18.4 Å². The Balaban J connectivity index is 1.79. The van der Waals surface area contributed by atoms with Crippen molar-refractivity contribution in [2.75, 3.05) is 0 Å². The molecule has 2 amide bonds. The number of nitrogens with two attached hydrogens (primary N) is 1. The number of halogens is 3. The van der Waals surface area contributed by atoms with E-state index < -0.39 is 28.8 Å². The normalized spacial score (nSPS) is 15.1. The molecule has 5 nitrogen and oxygen atoms in total. The summed E-state index contributed by atoms with van der Waals surface area (Å²) < 4.78 is 28.0. The number of aromatic nitrogens is 1. The zero-order chi connectivity index (χ0) is 21.4. The van der Waals surface area contributed by atoms with E-state index in [2.05, 4.69) is 4.98 Å². The largest absolute Gasteiger partial charge is 0.364 e. The molecule has 1 aliphatic rings. The highest BCUT2D eigenvalue weighted by Gasteiger charge is 2.34. The first-order chi connectivity index (χ1) is 14.3. The van der Waals surface area contributed by atoms with E-state index in [9.17, 15) is 18.4 Å². The highest BCUT2D eigenvalue weighted by molar-refractivity contribution is 7.12. The molecule has 1 atom stereocenters. The first-order valence-electron chi connectivity index (χ1n) is 9.13. The third-order valence-electron chi connectivity index (χ3n) is 5.11. The topological polar surface area (TPSA) is 76.3 Å². The zero-order valence-corrected chi connectivity index (χ0v) is 17.1. The van der Waals surface area contributed by atoms with E-state index in [1.807, 2.05) is 0 Å². The van der Waals surface area contributed by atoms with Gasteiger partial charge >= 0.3 is 0 Å². The molecule has 0 radical (unpaired) electrons. The van der Waals surface area contributed by atoms with E-state index in [1.54, 1.807) is 18.2 Å². The lowest BCUT2D eigenvalue weighted by molar-refractivity contribution is 0.0661. The van der Waals surface area contributed by atoms with Crippen LogP contribution in [0.5, 0.6) is 0 Å². The maximum atomic E-state index is 14.4. The second-order valence-electron chi connectivity index (χ2n) is 6.92. The Hall–Kier alpha value is -2.84. The summed E-state index contributed by atoms with van der Waals surface area (Å²) >= 11 is 6.79. The monoisotopic (exact) mass is 447 g/mol. The molecular formula is C21H16ClF2N3O2S. The predicted molar refractivity (Wildman–Crippen MR) is 109 cm³/mol. The fraction of sp³-hybridized carbons (Fsp3) is 0.190. The van der Waals surface area contributed by atoms with Crippen LogP contribution in [0.15, 0.2) is 42.6 Å². The summed E-state index contributed by atoms with van der Waals surface area (Å²) in [4.78, 5) is 30.8. The van der Waals surface area contributed by atoms with Crippen LogP contribution in [0.2, 0.25) is 5.02 Å². The molecule has 0 bridgehead atoms. The summed E-state index contributed by atoms with van der Waals surface area (Å²) in [5, 5.41) is -0.259. The lowest BCUT2D eigenvalue weighted by atomic mass is 10.0. The molecule has 3 aromatic rings. The number of benzene rings is 1. The quantitative estimate of drug-likeness (QED) is 0.625. The van der Waals surface area contributed by atoms with Gasteiger partial charge in [0.15, 0.2) is 5.13 Å². The van der Waals surface area contributed by atoms with Crippen molar-refractivity contribution in [1.29, 1.82) is 0 Å². The van der Waals surface area contributed by atoms with Gasteiger partial charge in [0.25, 0.3) is 11.8 Å². The number of nitrogens with zero attached hydrogens (tertiary/aromatic N) is 2. The van der Waals surface area contributed by atoms with Gasteiger partial charge in [0.1, 0.15) is 11.5 Å². The van der Waals surface area contributed by atoms with Gasteiger partial charge in [-0.2, -0.15) is 4.39 Å². The number of rotatable bonds is 5.